The Bertz CT molecular complexity index is 739. The van der Waals surface area contributed by atoms with Crippen molar-refractivity contribution < 1.29 is 19.1 Å². The molecule has 0 amide bonds. The summed E-state index contributed by atoms with van der Waals surface area (Å²) in [6, 6.07) is 9.54. The molecule has 26 heavy (non-hydrogen) atoms. The van der Waals surface area contributed by atoms with Crippen molar-refractivity contribution in [1.29, 1.82) is 0 Å². The first kappa shape index (κ1) is 20.9. The fourth-order valence-electron chi connectivity index (χ4n) is 1.87. The van der Waals surface area contributed by atoms with E-state index in [1.165, 1.54) is 0 Å². The van der Waals surface area contributed by atoms with Crippen molar-refractivity contribution in [3.63, 3.8) is 0 Å². The van der Waals surface area contributed by atoms with Crippen LogP contribution in [0.15, 0.2) is 85.0 Å². The second-order valence-corrected chi connectivity index (χ2v) is 5.70. The van der Waals surface area contributed by atoms with Crippen LogP contribution >= 0.6 is 0 Å². The van der Waals surface area contributed by atoms with Gasteiger partial charge >= 0.3 is 11.9 Å². The van der Waals surface area contributed by atoms with Gasteiger partial charge in [-0.1, -0.05) is 68.3 Å². The zero-order chi connectivity index (χ0) is 19.5. The quantitative estimate of drug-likeness (QED) is 0.375. The number of benzene rings is 1. The molecule has 0 bridgehead atoms. The third-order valence-electron chi connectivity index (χ3n) is 3.24. The van der Waals surface area contributed by atoms with Crippen molar-refractivity contribution >= 4 is 18.0 Å². The molecule has 0 N–H and O–H groups in total. The zero-order valence-electron chi connectivity index (χ0n) is 15.2. The molecule has 1 rings (SSSR count). The van der Waals surface area contributed by atoms with Crippen LogP contribution in [0, 0.1) is 0 Å². The number of allylic oxidation sites excluding steroid dienone is 2. The Labute approximate surface area is 154 Å². The maximum atomic E-state index is 12.0. The maximum Gasteiger partial charge on any atom is 0.333 e. The largest absolute Gasteiger partial charge is 0.458 e. The van der Waals surface area contributed by atoms with Crippen LogP contribution in [-0.4, -0.2) is 24.6 Å². The number of carbonyl (C=O) groups is 2. The van der Waals surface area contributed by atoms with Crippen molar-refractivity contribution in [1.82, 2.24) is 0 Å². The van der Waals surface area contributed by atoms with Crippen molar-refractivity contribution in [2.45, 2.75) is 20.0 Å². The summed E-state index contributed by atoms with van der Waals surface area (Å²) in [5.74, 6) is -1.11. The van der Waals surface area contributed by atoms with E-state index in [2.05, 4.69) is 19.7 Å². The van der Waals surface area contributed by atoms with E-state index in [1.54, 1.807) is 32.1 Å². The minimum atomic E-state index is -0.793. The molecule has 1 aromatic rings. The number of hydrogen-bond donors (Lipinski definition) is 0. The number of ether oxygens (including phenoxy) is 2. The summed E-state index contributed by atoms with van der Waals surface area (Å²) in [5.41, 5.74) is 2.09. The Morgan fingerprint density at radius 3 is 2.23 bits per heavy atom. The van der Waals surface area contributed by atoms with Gasteiger partial charge in [0, 0.05) is 11.1 Å². The van der Waals surface area contributed by atoms with E-state index in [9.17, 15) is 9.59 Å². The molecule has 1 unspecified atom stereocenters. The molecule has 0 aliphatic heterocycles. The molecule has 0 saturated carbocycles. The van der Waals surface area contributed by atoms with Gasteiger partial charge < -0.3 is 9.47 Å². The SMILES string of the molecule is C=CC=CC(=Cc1ccccc1)C(COC(=O)C(=C)C)OC(=O)C(=C)C. The minimum absolute atomic E-state index is 0.134. The van der Waals surface area contributed by atoms with Crippen LogP contribution in [0.1, 0.15) is 19.4 Å². The predicted molar refractivity (Wildman–Crippen MR) is 104 cm³/mol. The molecule has 4 nitrogen and oxygen atoms in total. The van der Waals surface area contributed by atoms with Gasteiger partial charge in [-0.05, 0) is 31.1 Å². The summed E-state index contributed by atoms with van der Waals surface area (Å²) in [7, 11) is 0. The van der Waals surface area contributed by atoms with Crippen molar-refractivity contribution in [3.05, 3.63) is 90.6 Å². The number of esters is 2. The molecule has 4 heteroatoms. The van der Waals surface area contributed by atoms with E-state index in [4.69, 9.17) is 9.47 Å². The van der Waals surface area contributed by atoms with Gasteiger partial charge in [0.05, 0.1) is 0 Å². The van der Waals surface area contributed by atoms with E-state index < -0.39 is 18.0 Å². The summed E-state index contributed by atoms with van der Waals surface area (Å²) in [5, 5.41) is 0. The molecule has 136 valence electrons. The van der Waals surface area contributed by atoms with Crippen LogP contribution in [-0.2, 0) is 19.1 Å². The monoisotopic (exact) mass is 352 g/mol. The first-order chi connectivity index (χ1) is 12.3. The van der Waals surface area contributed by atoms with Crippen molar-refractivity contribution in [2.75, 3.05) is 6.61 Å². The standard InChI is InChI=1S/C22H24O4/c1-6-7-13-19(14-18-11-9-8-10-12-18)20(26-22(24)17(4)5)15-25-21(23)16(2)3/h6-14,20H,1-2,4,15H2,3,5H3. The lowest BCUT2D eigenvalue weighted by Gasteiger charge is -2.19. The molecule has 0 saturated heterocycles. The fraction of sp³-hybridized carbons (Fsp3) is 0.182. The first-order valence-corrected chi connectivity index (χ1v) is 8.10. The van der Waals surface area contributed by atoms with Gasteiger partial charge in [0.1, 0.15) is 6.61 Å². The highest BCUT2D eigenvalue weighted by Gasteiger charge is 2.21. The van der Waals surface area contributed by atoms with Gasteiger partial charge in [-0.2, -0.15) is 0 Å². The average molecular weight is 352 g/mol. The molecule has 0 fully saturated rings. The van der Waals surface area contributed by atoms with E-state index in [-0.39, 0.29) is 17.8 Å². The molecule has 0 aliphatic rings. The Morgan fingerprint density at radius 1 is 1.08 bits per heavy atom. The van der Waals surface area contributed by atoms with E-state index in [0.717, 1.165) is 5.56 Å². The van der Waals surface area contributed by atoms with Gasteiger partial charge in [0.25, 0.3) is 0 Å². The summed E-state index contributed by atoms with van der Waals surface area (Å²) in [6.07, 6.45) is 6.14. The highest BCUT2D eigenvalue weighted by atomic mass is 16.6. The highest BCUT2D eigenvalue weighted by Crippen LogP contribution is 2.17. The summed E-state index contributed by atoms with van der Waals surface area (Å²) in [4.78, 5) is 23.7. The molecule has 0 aliphatic carbocycles. The van der Waals surface area contributed by atoms with Crippen LogP contribution in [0.2, 0.25) is 0 Å². The maximum absolute atomic E-state index is 12.0. The molecule has 0 aromatic heterocycles. The predicted octanol–water partition coefficient (Wildman–Crippen LogP) is 4.42. The Hall–Kier alpha value is -3.14. The lowest BCUT2D eigenvalue weighted by Crippen LogP contribution is -2.27. The van der Waals surface area contributed by atoms with E-state index in [1.807, 2.05) is 36.4 Å². The van der Waals surface area contributed by atoms with Gasteiger partial charge in [-0.25, -0.2) is 9.59 Å². The minimum Gasteiger partial charge on any atom is -0.458 e. The number of rotatable bonds is 9. The molecular formula is C22H24O4. The fourth-order valence-corrected chi connectivity index (χ4v) is 1.87. The Balaban J connectivity index is 3.19. The molecule has 0 heterocycles. The van der Waals surface area contributed by atoms with E-state index in [0.29, 0.717) is 5.57 Å². The van der Waals surface area contributed by atoms with Crippen LogP contribution in [0.5, 0.6) is 0 Å². The summed E-state index contributed by atoms with van der Waals surface area (Å²) in [6.45, 7) is 13.8. The zero-order valence-corrected chi connectivity index (χ0v) is 15.2. The Morgan fingerprint density at radius 2 is 1.69 bits per heavy atom. The molecular weight excluding hydrogens is 328 g/mol. The van der Waals surface area contributed by atoms with Gasteiger partial charge in [-0.3, -0.25) is 0 Å². The molecule has 1 aromatic carbocycles. The number of carbonyl (C=O) groups excluding carboxylic acids is 2. The van der Waals surface area contributed by atoms with Gasteiger partial charge in [0.2, 0.25) is 0 Å². The van der Waals surface area contributed by atoms with Gasteiger partial charge in [-0.15, -0.1) is 0 Å². The summed E-state index contributed by atoms with van der Waals surface area (Å²) < 4.78 is 10.7. The second-order valence-electron chi connectivity index (χ2n) is 5.70. The topological polar surface area (TPSA) is 52.6 Å². The van der Waals surface area contributed by atoms with Crippen LogP contribution in [0.25, 0.3) is 6.08 Å². The van der Waals surface area contributed by atoms with Gasteiger partial charge in [0.15, 0.2) is 6.10 Å². The third kappa shape index (κ3) is 7.18. The molecule has 1 atom stereocenters. The smallest absolute Gasteiger partial charge is 0.333 e. The third-order valence-corrected chi connectivity index (χ3v) is 3.24. The Kier molecular flexibility index (Phi) is 8.58. The van der Waals surface area contributed by atoms with E-state index >= 15 is 0 Å². The molecule has 0 radical (unpaired) electrons. The average Bonchev–Trinajstić information content (AvgIpc) is 2.62. The van der Waals surface area contributed by atoms with Crippen molar-refractivity contribution in [2.24, 2.45) is 0 Å². The first-order valence-electron chi connectivity index (χ1n) is 8.10. The van der Waals surface area contributed by atoms with Crippen LogP contribution in [0.4, 0.5) is 0 Å². The lowest BCUT2D eigenvalue weighted by molar-refractivity contribution is -0.151. The normalized spacial score (nSPS) is 12.3. The second kappa shape index (κ2) is 10.7. The van der Waals surface area contributed by atoms with Crippen molar-refractivity contribution in [3.8, 4) is 0 Å². The van der Waals surface area contributed by atoms with Crippen LogP contribution in [0.3, 0.4) is 0 Å². The lowest BCUT2D eigenvalue weighted by atomic mass is 10.0. The highest BCUT2D eigenvalue weighted by molar-refractivity contribution is 5.88. The number of hydrogen-bond acceptors (Lipinski definition) is 4. The molecule has 0 spiro atoms. The van der Waals surface area contributed by atoms with Crippen LogP contribution < -0.4 is 0 Å². The summed E-state index contributed by atoms with van der Waals surface area (Å²) >= 11 is 0.